The van der Waals surface area contributed by atoms with Gasteiger partial charge in [0.1, 0.15) is 6.10 Å². The van der Waals surface area contributed by atoms with Crippen molar-refractivity contribution in [3.63, 3.8) is 0 Å². The number of esters is 1. The quantitative estimate of drug-likeness (QED) is 0.658. The van der Waals surface area contributed by atoms with Crippen molar-refractivity contribution in [1.82, 2.24) is 0 Å². The van der Waals surface area contributed by atoms with Crippen molar-refractivity contribution in [2.45, 2.75) is 25.6 Å². The molecule has 114 valence electrons. The molecule has 1 aromatic rings. The molecular formula is C14H17NO6. The highest BCUT2D eigenvalue weighted by atomic mass is 16.5. The third-order valence-electron chi connectivity index (χ3n) is 2.82. The number of aliphatic hydroxyl groups excluding tert-OH is 2. The summed E-state index contributed by atoms with van der Waals surface area (Å²) in [6.45, 7) is 1.78. The lowest BCUT2D eigenvalue weighted by Gasteiger charge is -2.19. The summed E-state index contributed by atoms with van der Waals surface area (Å²) < 4.78 is 9.56. The van der Waals surface area contributed by atoms with Crippen molar-refractivity contribution in [2.75, 3.05) is 13.7 Å². The first-order valence-corrected chi connectivity index (χ1v) is 6.27. The van der Waals surface area contributed by atoms with Crippen LogP contribution in [0.2, 0.25) is 0 Å². The number of benzene rings is 1. The molecule has 0 aliphatic heterocycles. The van der Waals surface area contributed by atoms with Crippen molar-refractivity contribution in [3.05, 3.63) is 23.3 Å². The van der Waals surface area contributed by atoms with E-state index in [0.29, 0.717) is 0 Å². The maximum Gasteiger partial charge on any atom is 0.308 e. The molecule has 2 atom stereocenters. The Morgan fingerprint density at radius 3 is 2.62 bits per heavy atom. The van der Waals surface area contributed by atoms with E-state index < -0.39 is 30.3 Å². The molecule has 0 aliphatic carbocycles. The number of aromatic hydroxyl groups is 1. The minimum Gasteiger partial charge on any atom is -0.504 e. The maximum absolute atomic E-state index is 11.3. The summed E-state index contributed by atoms with van der Waals surface area (Å²) in [5.74, 6) is -1.08. The third kappa shape index (κ3) is 4.08. The number of carbonyl (C=O) groups is 1. The molecule has 0 amide bonds. The number of nitriles is 1. The van der Waals surface area contributed by atoms with Crippen molar-refractivity contribution in [3.8, 4) is 17.6 Å². The van der Waals surface area contributed by atoms with Gasteiger partial charge in [-0.15, -0.1) is 0 Å². The van der Waals surface area contributed by atoms with E-state index >= 15 is 0 Å². The van der Waals surface area contributed by atoms with E-state index in [1.54, 1.807) is 6.92 Å². The first kappa shape index (κ1) is 16.8. The van der Waals surface area contributed by atoms with E-state index in [9.17, 15) is 20.1 Å². The number of rotatable bonds is 6. The summed E-state index contributed by atoms with van der Waals surface area (Å²) in [4.78, 5) is 11.3. The molecule has 1 aromatic carbocycles. The summed E-state index contributed by atoms with van der Waals surface area (Å²) in [6.07, 6.45) is -3.47. The van der Waals surface area contributed by atoms with Crippen molar-refractivity contribution < 1.29 is 29.6 Å². The summed E-state index contributed by atoms with van der Waals surface area (Å²) in [5, 5.41) is 38.7. The van der Waals surface area contributed by atoms with E-state index in [1.807, 2.05) is 6.07 Å². The van der Waals surface area contributed by atoms with Gasteiger partial charge >= 0.3 is 5.97 Å². The number of hydrogen-bond acceptors (Lipinski definition) is 7. The molecule has 7 heteroatoms. The Morgan fingerprint density at radius 1 is 1.43 bits per heavy atom. The molecule has 2 unspecified atom stereocenters. The zero-order valence-electron chi connectivity index (χ0n) is 11.7. The second-order valence-electron chi connectivity index (χ2n) is 4.25. The van der Waals surface area contributed by atoms with Crippen molar-refractivity contribution in [1.29, 1.82) is 5.26 Å². The van der Waals surface area contributed by atoms with Crippen LogP contribution in [0.25, 0.3) is 0 Å². The van der Waals surface area contributed by atoms with Crippen LogP contribution in [0.15, 0.2) is 12.1 Å². The highest BCUT2D eigenvalue weighted by molar-refractivity contribution is 5.70. The van der Waals surface area contributed by atoms with E-state index in [4.69, 9.17) is 10.00 Å². The predicted octanol–water partition coefficient (Wildman–Crippen LogP) is 0.620. The summed E-state index contributed by atoms with van der Waals surface area (Å²) >= 11 is 0. The Labute approximate surface area is 122 Å². The SMILES string of the molecule is CCOC(=O)CC(O)C(O)c1cc(C#N)cc(OC)c1O. The Morgan fingerprint density at radius 2 is 2.10 bits per heavy atom. The predicted molar refractivity (Wildman–Crippen MR) is 71.6 cm³/mol. The van der Waals surface area contributed by atoms with Gasteiger partial charge in [0.2, 0.25) is 0 Å². The number of carbonyl (C=O) groups excluding carboxylic acids is 1. The number of aliphatic hydroxyl groups is 2. The third-order valence-corrected chi connectivity index (χ3v) is 2.82. The number of ether oxygens (including phenoxy) is 2. The summed E-state index contributed by atoms with van der Waals surface area (Å²) in [7, 11) is 1.29. The van der Waals surface area contributed by atoms with Gasteiger partial charge in [-0.1, -0.05) is 0 Å². The molecule has 0 aromatic heterocycles. The van der Waals surface area contributed by atoms with Gasteiger partial charge in [-0.25, -0.2) is 0 Å². The largest absolute Gasteiger partial charge is 0.504 e. The lowest BCUT2D eigenvalue weighted by molar-refractivity contribution is -0.147. The molecule has 7 nitrogen and oxygen atoms in total. The van der Waals surface area contributed by atoms with Gasteiger partial charge in [0.15, 0.2) is 11.5 Å². The fourth-order valence-corrected chi connectivity index (χ4v) is 1.78. The van der Waals surface area contributed by atoms with Gasteiger partial charge in [-0.3, -0.25) is 4.79 Å². The number of methoxy groups -OCH3 is 1. The van der Waals surface area contributed by atoms with E-state index in [1.165, 1.54) is 19.2 Å². The smallest absolute Gasteiger partial charge is 0.308 e. The van der Waals surface area contributed by atoms with Crippen LogP contribution in [-0.2, 0) is 9.53 Å². The van der Waals surface area contributed by atoms with Gasteiger partial charge in [0, 0.05) is 11.6 Å². The van der Waals surface area contributed by atoms with Crippen LogP contribution in [0.4, 0.5) is 0 Å². The Balaban J connectivity index is 3.03. The Bertz CT molecular complexity index is 551. The van der Waals surface area contributed by atoms with Crippen LogP contribution in [-0.4, -0.2) is 41.1 Å². The first-order chi connectivity index (χ1) is 9.94. The van der Waals surface area contributed by atoms with E-state index in [0.717, 1.165) is 0 Å². The molecular weight excluding hydrogens is 278 g/mol. The van der Waals surface area contributed by atoms with Crippen molar-refractivity contribution >= 4 is 5.97 Å². The second kappa shape index (κ2) is 7.47. The molecule has 0 fully saturated rings. The summed E-state index contributed by atoms with van der Waals surface area (Å²) in [6, 6.07) is 4.36. The van der Waals surface area contributed by atoms with Crippen LogP contribution in [0, 0.1) is 11.3 Å². The molecule has 1 rings (SSSR count). The average Bonchev–Trinajstić information content (AvgIpc) is 2.46. The number of phenolic OH excluding ortho intramolecular Hbond substituents is 1. The van der Waals surface area contributed by atoms with Crippen LogP contribution in [0.3, 0.4) is 0 Å². The van der Waals surface area contributed by atoms with Crippen LogP contribution >= 0.6 is 0 Å². The zero-order chi connectivity index (χ0) is 16.0. The minimum atomic E-state index is -1.56. The molecule has 3 N–H and O–H groups in total. The normalized spacial score (nSPS) is 13.1. The first-order valence-electron chi connectivity index (χ1n) is 6.27. The fourth-order valence-electron chi connectivity index (χ4n) is 1.78. The van der Waals surface area contributed by atoms with E-state index in [-0.39, 0.29) is 23.5 Å². The Hall–Kier alpha value is -2.30. The molecule has 0 heterocycles. The monoisotopic (exact) mass is 295 g/mol. The molecule has 0 radical (unpaired) electrons. The molecule has 0 saturated heterocycles. The van der Waals surface area contributed by atoms with Gasteiger partial charge < -0.3 is 24.8 Å². The number of phenols is 1. The lowest BCUT2D eigenvalue weighted by Crippen LogP contribution is -2.23. The van der Waals surface area contributed by atoms with Crippen LogP contribution in [0.5, 0.6) is 11.5 Å². The van der Waals surface area contributed by atoms with Gasteiger partial charge in [-0.2, -0.15) is 5.26 Å². The van der Waals surface area contributed by atoms with Crippen molar-refractivity contribution in [2.24, 2.45) is 0 Å². The Kier molecular flexibility index (Phi) is 5.96. The molecule has 0 aliphatic rings. The zero-order valence-corrected chi connectivity index (χ0v) is 11.7. The van der Waals surface area contributed by atoms with Gasteiger partial charge in [0.25, 0.3) is 0 Å². The molecule has 0 spiro atoms. The topological polar surface area (TPSA) is 120 Å². The number of nitrogens with zero attached hydrogens (tertiary/aromatic N) is 1. The highest BCUT2D eigenvalue weighted by Crippen LogP contribution is 2.36. The van der Waals surface area contributed by atoms with Crippen LogP contribution in [0.1, 0.15) is 30.6 Å². The fraction of sp³-hybridized carbons (Fsp3) is 0.429. The molecule has 0 bridgehead atoms. The van der Waals surface area contributed by atoms with Crippen LogP contribution < -0.4 is 4.74 Å². The lowest BCUT2D eigenvalue weighted by atomic mass is 9.98. The highest BCUT2D eigenvalue weighted by Gasteiger charge is 2.26. The summed E-state index contributed by atoms with van der Waals surface area (Å²) in [5.41, 5.74) is 0.0460. The molecule has 21 heavy (non-hydrogen) atoms. The minimum absolute atomic E-state index is 0.00793. The second-order valence-corrected chi connectivity index (χ2v) is 4.25. The van der Waals surface area contributed by atoms with Gasteiger partial charge in [-0.05, 0) is 13.0 Å². The van der Waals surface area contributed by atoms with E-state index in [2.05, 4.69) is 4.74 Å². The maximum atomic E-state index is 11.3. The van der Waals surface area contributed by atoms with Gasteiger partial charge in [0.05, 0.1) is 37.9 Å². The standard InChI is InChI=1S/C14H17NO6/c1-3-21-12(17)6-10(16)13(18)9-4-8(7-15)5-11(20-2)14(9)19/h4-5,10,13,16,18-19H,3,6H2,1-2H3. The number of hydrogen-bond donors (Lipinski definition) is 3. The molecule has 0 saturated carbocycles. The average molecular weight is 295 g/mol.